The summed E-state index contributed by atoms with van der Waals surface area (Å²) in [6.07, 6.45) is -3.86. The Morgan fingerprint density at radius 1 is 1.29 bits per heavy atom. The van der Waals surface area contributed by atoms with Gasteiger partial charge in [0.15, 0.2) is 0 Å². The highest BCUT2D eigenvalue weighted by Gasteiger charge is 2.44. The molecule has 21 heavy (non-hydrogen) atoms. The van der Waals surface area contributed by atoms with Crippen LogP contribution in [0.1, 0.15) is 30.4 Å². The Labute approximate surface area is 119 Å². The lowest BCUT2D eigenvalue weighted by Gasteiger charge is -2.09. The molecule has 0 unspecified atom stereocenters. The second-order valence-corrected chi connectivity index (χ2v) is 5.14. The fourth-order valence-corrected chi connectivity index (χ4v) is 2.15. The van der Waals surface area contributed by atoms with E-state index in [2.05, 4.69) is 5.32 Å². The number of amides is 1. The van der Waals surface area contributed by atoms with E-state index in [0.717, 1.165) is 12.1 Å². The standard InChI is InChI=1S/C14H14F3NO3/c1-7(13(20)21)18-12(19)11-6-10(11)8-2-4-9(5-3-8)14(15,16)17/h2-5,7,10-11H,6H2,1H3,(H,18,19)(H,20,21)/t7-,10-,11-/m0/s1. The highest BCUT2D eigenvalue weighted by molar-refractivity contribution is 5.87. The van der Waals surface area contributed by atoms with Crippen molar-refractivity contribution in [3.05, 3.63) is 35.4 Å². The molecule has 1 aromatic carbocycles. The van der Waals surface area contributed by atoms with Crippen LogP contribution in [0, 0.1) is 5.92 Å². The Kier molecular flexibility index (Phi) is 3.93. The molecule has 114 valence electrons. The van der Waals surface area contributed by atoms with Crippen molar-refractivity contribution in [2.75, 3.05) is 0 Å². The minimum absolute atomic E-state index is 0.145. The van der Waals surface area contributed by atoms with Gasteiger partial charge in [-0.2, -0.15) is 13.2 Å². The van der Waals surface area contributed by atoms with Gasteiger partial charge in [-0.3, -0.25) is 9.59 Å². The van der Waals surface area contributed by atoms with E-state index in [-0.39, 0.29) is 17.7 Å². The van der Waals surface area contributed by atoms with Crippen LogP contribution in [0.4, 0.5) is 13.2 Å². The van der Waals surface area contributed by atoms with E-state index >= 15 is 0 Å². The number of nitrogens with one attached hydrogen (secondary N) is 1. The highest BCUT2D eigenvalue weighted by atomic mass is 19.4. The molecular weight excluding hydrogens is 287 g/mol. The molecule has 4 nitrogen and oxygen atoms in total. The first-order valence-corrected chi connectivity index (χ1v) is 6.40. The molecule has 1 aromatic rings. The van der Waals surface area contributed by atoms with Crippen LogP contribution in [-0.2, 0) is 15.8 Å². The fraction of sp³-hybridized carbons (Fsp3) is 0.429. The van der Waals surface area contributed by atoms with Crippen LogP contribution in [0.2, 0.25) is 0 Å². The summed E-state index contributed by atoms with van der Waals surface area (Å²) in [5, 5.41) is 11.1. The van der Waals surface area contributed by atoms with E-state index in [1.807, 2.05) is 0 Å². The SMILES string of the molecule is C[C@H](NC(=O)[C@H]1C[C@H]1c1ccc(C(F)(F)F)cc1)C(=O)O. The number of hydrogen-bond donors (Lipinski definition) is 2. The van der Waals surface area contributed by atoms with Gasteiger partial charge in [0, 0.05) is 5.92 Å². The number of aliphatic carboxylic acids is 1. The molecule has 0 aliphatic heterocycles. The molecule has 0 aromatic heterocycles. The molecule has 0 spiro atoms. The van der Waals surface area contributed by atoms with Crippen LogP contribution in [0.3, 0.4) is 0 Å². The van der Waals surface area contributed by atoms with Gasteiger partial charge in [-0.15, -0.1) is 0 Å². The zero-order valence-electron chi connectivity index (χ0n) is 11.1. The Morgan fingerprint density at radius 2 is 1.86 bits per heavy atom. The van der Waals surface area contributed by atoms with Crippen molar-refractivity contribution in [1.29, 1.82) is 0 Å². The number of benzene rings is 1. The summed E-state index contributed by atoms with van der Waals surface area (Å²) in [5.74, 6) is -2.03. The monoisotopic (exact) mass is 301 g/mol. The summed E-state index contributed by atoms with van der Waals surface area (Å²) in [4.78, 5) is 22.4. The van der Waals surface area contributed by atoms with E-state index in [0.29, 0.717) is 12.0 Å². The summed E-state index contributed by atoms with van der Waals surface area (Å²) < 4.78 is 37.3. The van der Waals surface area contributed by atoms with Gasteiger partial charge in [-0.1, -0.05) is 12.1 Å². The molecule has 1 fully saturated rings. The molecule has 0 radical (unpaired) electrons. The molecule has 0 bridgehead atoms. The highest BCUT2D eigenvalue weighted by Crippen LogP contribution is 2.48. The molecule has 1 aliphatic carbocycles. The van der Waals surface area contributed by atoms with Crippen molar-refractivity contribution in [1.82, 2.24) is 5.32 Å². The third-order valence-electron chi connectivity index (χ3n) is 3.52. The predicted molar refractivity (Wildman–Crippen MR) is 67.5 cm³/mol. The molecule has 0 heterocycles. The number of alkyl halides is 3. The molecular formula is C14H14F3NO3. The van der Waals surface area contributed by atoms with Gasteiger partial charge in [0.2, 0.25) is 5.91 Å². The van der Waals surface area contributed by atoms with Crippen LogP contribution in [0.15, 0.2) is 24.3 Å². The van der Waals surface area contributed by atoms with Crippen molar-refractivity contribution in [3.8, 4) is 0 Å². The summed E-state index contributed by atoms with van der Waals surface area (Å²) in [6, 6.07) is 3.72. The maximum Gasteiger partial charge on any atom is 0.416 e. The second kappa shape index (κ2) is 5.38. The lowest BCUT2D eigenvalue weighted by molar-refractivity contribution is -0.141. The molecule has 1 aliphatic rings. The van der Waals surface area contributed by atoms with Gasteiger partial charge < -0.3 is 10.4 Å². The minimum atomic E-state index is -4.38. The fourth-order valence-electron chi connectivity index (χ4n) is 2.15. The lowest BCUT2D eigenvalue weighted by atomic mass is 10.1. The maximum atomic E-state index is 12.4. The zero-order chi connectivity index (χ0) is 15.8. The first-order valence-electron chi connectivity index (χ1n) is 6.40. The first kappa shape index (κ1) is 15.3. The van der Waals surface area contributed by atoms with Crippen LogP contribution in [-0.4, -0.2) is 23.0 Å². The lowest BCUT2D eigenvalue weighted by Crippen LogP contribution is -2.39. The number of hydrogen-bond acceptors (Lipinski definition) is 2. The maximum absolute atomic E-state index is 12.4. The predicted octanol–water partition coefficient (Wildman–Crippen LogP) is 2.40. The van der Waals surface area contributed by atoms with E-state index in [4.69, 9.17) is 5.11 Å². The number of rotatable bonds is 4. The molecule has 1 amide bonds. The smallest absolute Gasteiger partial charge is 0.416 e. The van der Waals surface area contributed by atoms with Crippen LogP contribution in [0.5, 0.6) is 0 Å². The molecule has 2 rings (SSSR count). The van der Waals surface area contributed by atoms with Crippen molar-refractivity contribution in [2.24, 2.45) is 5.92 Å². The molecule has 0 saturated heterocycles. The van der Waals surface area contributed by atoms with Crippen LogP contribution in [0.25, 0.3) is 0 Å². The number of carbonyl (C=O) groups excluding carboxylic acids is 1. The van der Waals surface area contributed by atoms with Gasteiger partial charge in [0.1, 0.15) is 6.04 Å². The van der Waals surface area contributed by atoms with Crippen molar-refractivity contribution < 1.29 is 27.9 Å². The van der Waals surface area contributed by atoms with E-state index in [1.54, 1.807) is 0 Å². The third kappa shape index (κ3) is 3.53. The second-order valence-electron chi connectivity index (χ2n) is 5.14. The molecule has 1 saturated carbocycles. The van der Waals surface area contributed by atoms with E-state index in [9.17, 15) is 22.8 Å². The first-order chi connectivity index (χ1) is 9.70. The average Bonchev–Trinajstić information content (AvgIpc) is 3.18. The van der Waals surface area contributed by atoms with Crippen LogP contribution < -0.4 is 5.32 Å². The summed E-state index contributed by atoms with van der Waals surface area (Å²) in [5.41, 5.74) is -0.0708. The van der Waals surface area contributed by atoms with Crippen LogP contribution >= 0.6 is 0 Å². The summed E-state index contributed by atoms with van der Waals surface area (Å²) in [7, 11) is 0. The zero-order valence-corrected chi connectivity index (χ0v) is 11.1. The third-order valence-corrected chi connectivity index (χ3v) is 3.52. The van der Waals surface area contributed by atoms with Crippen molar-refractivity contribution in [2.45, 2.75) is 31.5 Å². The number of halogens is 3. The summed E-state index contributed by atoms with van der Waals surface area (Å²) in [6.45, 7) is 1.36. The molecule has 7 heteroatoms. The van der Waals surface area contributed by atoms with E-state index in [1.165, 1.54) is 19.1 Å². The Morgan fingerprint density at radius 3 is 2.33 bits per heavy atom. The number of carbonyl (C=O) groups is 2. The summed E-state index contributed by atoms with van der Waals surface area (Å²) >= 11 is 0. The molecule has 2 N–H and O–H groups in total. The average molecular weight is 301 g/mol. The Balaban J connectivity index is 1.97. The van der Waals surface area contributed by atoms with Gasteiger partial charge >= 0.3 is 12.1 Å². The van der Waals surface area contributed by atoms with Gasteiger partial charge in [-0.05, 0) is 37.0 Å². The van der Waals surface area contributed by atoms with E-state index < -0.39 is 23.8 Å². The Bertz CT molecular complexity index is 554. The normalized spacial score (nSPS) is 22.5. The number of carboxylic acids is 1. The van der Waals surface area contributed by atoms with Gasteiger partial charge in [0.05, 0.1) is 5.56 Å². The van der Waals surface area contributed by atoms with Crippen molar-refractivity contribution >= 4 is 11.9 Å². The topological polar surface area (TPSA) is 66.4 Å². The molecule has 3 atom stereocenters. The van der Waals surface area contributed by atoms with Gasteiger partial charge in [0.25, 0.3) is 0 Å². The largest absolute Gasteiger partial charge is 0.480 e. The van der Waals surface area contributed by atoms with Crippen molar-refractivity contribution in [3.63, 3.8) is 0 Å². The Hall–Kier alpha value is -2.05. The number of carboxylic acid groups (broad SMARTS) is 1. The van der Waals surface area contributed by atoms with Gasteiger partial charge in [-0.25, -0.2) is 0 Å². The quantitative estimate of drug-likeness (QED) is 0.897. The minimum Gasteiger partial charge on any atom is -0.480 e.